The van der Waals surface area contributed by atoms with Crippen molar-refractivity contribution in [2.45, 2.75) is 54.4 Å². The van der Waals surface area contributed by atoms with Crippen molar-refractivity contribution in [1.29, 1.82) is 0 Å². The Hall–Kier alpha value is -1.51. The number of hydrogen-bond donors (Lipinski definition) is 0. The fourth-order valence-corrected chi connectivity index (χ4v) is 2.60. The summed E-state index contributed by atoms with van der Waals surface area (Å²) in [6.07, 6.45) is 1.72. The lowest BCUT2D eigenvalue weighted by Gasteiger charge is -2.30. The molecular formula is C19H31NO2. The highest BCUT2D eigenvalue weighted by Gasteiger charge is 2.30. The first-order valence-electron chi connectivity index (χ1n) is 8.31. The summed E-state index contributed by atoms with van der Waals surface area (Å²) in [5, 5.41) is 0. The number of ether oxygens (including phenoxy) is 1. The fraction of sp³-hybridized carbons (Fsp3) is 0.632. The highest BCUT2D eigenvalue weighted by molar-refractivity contribution is 5.81. The molecule has 0 radical (unpaired) electrons. The third-order valence-corrected chi connectivity index (χ3v) is 4.18. The van der Waals surface area contributed by atoms with Gasteiger partial charge < -0.3 is 9.64 Å². The van der Waals surface area contributed by atoms with Crippen LogP contribution in [0.4, 0.5) is 0 Å². The highest BCUT2D eigenvalue weighted by Crippen LogP contribution is 2.26. The van der Waals surface area contributed by atoms with Crippen molar-refractivity contribution in [3.63, 3.8) is 0 Å². The first kappa shape index (κ1) is 18.5. The number of carbonyl (C=O) groups excluding carboxylic acids is 1. The van der Waals surface area contributed by atoms with Crippen LogP contribution in [0.1, 0.15) is 51.7 Å². The van der Waals surface area contributed by atoms with Gasteiger partial charge in [0.1, 0.15) is 5.75 Å². The molecule has 3 heteroatoms. The second-order valence-corrected chi connectivity index (χ2v) is 6.58. The summed E-state index contributed by atoms with van der Waals surface area (Å²) in [5.41, 5.74) is 2.04. The van der Waals surface area contributed by atoms with E-state index in [-0.39, 0.29) is 11.3 Å². The van der Waals surface area contributed by atoms with Crippen molar-refractivity contribution in [2.75, 3.05) is 19.7 Å². The summed E-state index contributed by atoms with van der Waals surface area (Å²) in [7, 11) is 0. The molecule has 0 fully saturated rings. The van der Waals surface area contributed by atoms with E-state index in [2.05, 4.69) is 32.0 Å². The molecule has 0 aliphatic heterocycles. The molecule has 0 saturated heterocycles. The van der Waals surface area contributed by atoms with Gasteiger partial charge in [0.25, 0.3) is 0 Å². The minimum atomic E-state index is -0.322. The smallest absolute Gasteiger partial charge is 0.228 e. The number of amides is 1. The molecular weight excluding hydrogens is 274 g/mol. The van der Waals surface area contributed by atoms with Gasteiger partial charge in [0.05, 0.1) is 6.61 Å². The molecule has 3 nitrogen and oxygen atoms in total. The molecule has 124 valence electrons. The zero-order valence-electron chi connectivity index (χ0n) is 15.0. The van der Waals surface area contributed by atoms with Crippen molar-refractivity contribution in [3.05, 3.63) is 29.3 Å². The quantitative estimate of drug-likeness (QED) is 0.668. The predicted octanol–water partition coefficient (Wildman–Crippen LogP) is 4.36. The Labute approximate surface area is 135 Å². The molecule has 1 aromatic carbocycles. The van der Waals surface area contributed by atoms with E-state index in [1.165, 1.54) is 5.56 Å². The van der Waals surface area contributed by atoms with Crippen molar-refractivity contribution in [2.24, 2.45) is 5.41 Å². The maximum atomic E-state index is 12.5. The second-order valence-electron chi connectivity index (χ2n) is 6.58. The summed E-state index contributed by atoms with van der Waals surface area (Å²) in [6, 6.07) is 6.24. The average Bonchev–Trinajstić information content (AvgIpc) is 2.48. The average molecular weight is 305 g/mol. The van der Waals surface area contributed by atoms with Gasteiger partial charge in [-0.3, -0.25) is 4.79 Å². The van der Waals surface area contributed by atoms with Gasteiger partial charge >= 0.3 is 0 Å². The largest absolute Gasteiger partial charge is 0.493 e. The number of benzene rings is 1. The molecule has 0 heterocycles. The first-order chi connectivity index (χ1) is 10.3. The van der Waals surface area contributed by atoms with Gasteiger partial charge in [-0.25, -0.2) is 0 Å². The Kier molecular flexibility index (Phi) is 6.92. The molecule has 0 saturated carbocycles. The molecule has 1 aromatic rings. The molecule has 0 spiro atoms. The lowest BCUT2D eigenvalue weighted by Crippen LogP contribution is -2.40. The summed E-state index contributed by atoms with van der Waals surface area (Å²) >= 11 is 0. The van der Waals surface area contributed by atoms with Crippen LogP contribution < -0.4 is 4.74 Å². The Morgan fingerprint density at radius 2 is 1.82 bits per heavy atom. The topological polar surface area (TPSA) is 29.5 Å². The SMILES string of the molecule is CCN(CC)C(=O)C(C)(C)CCCOc1cc(C)ccc1C. The van der Waals surface area contributed by atoms with Crippen molar-refractivity contribution >= 4 is 5.91 Å². The van der Waals surface area contributed by atoms with Gasteiger partial charge in [0.15, 0.2) is 0 Å². The molecule has 0 aliphatic carbocycles. The van der Waals surface area contributed by atoms with Crippen LogP contribution in [-0.4, -0.2) is 30.5 Å². The summed E-state index contributed by atoms with van der Waals surface area (Å²) in [5.74, 6) is 1.19. The standard InChI is InChI=1S/C19H31NO2/c1-7-20(8-2)18(21)19(5,6)12-9-13-22-17-14-15(3)10-11-16(17)4/h10-11,14H,7-9,12-13H2,1-6H3. The van der Waals surface area contributed by atoms with E-state index in [9.17, 15) is 4.79 Å². The number of rotatable bonds is 8. The van der Waals surface area contributed by atoms with Crippen LogP contribution in [0.3, 0.4) is 0 Å². The molecule has 0 atom stereocenters. The molecule has 0 N–H and O–H groups in total. The van der Waals surface area contributed by atoms with Crippen LogP contribution in [0.15, 0.2) is 18.2 Å². The highest BCUT2D eigenvalue weighted by atomic mass is 16.5. The number of carbonyl (C=O) groups is 1. The summed E-state index contributed by atoms with van der Waals surface area (Å²) in [4.78, 5) is 14.4. The van der Waals surface area contributed by atoms with E-state index in [4.69, 9.17) is 4.74 Å². The Bertz CT molecular complexity index is 490. The number of hydrogen-bond acceptors (Lipinski definition) is 2. The zero-order valence-corrected chi connectivity index (χ0v) is 15.0. The molecule has 0 bridgehead atoms. The van der Waals surface area contributed by atoms with Gasteiger partial charge in [0.2, 0.25) is 5.91 Å². The van der Waals surface area contributed by atoms with Crippen LogP contribution in [0.25, 0.3) is 0 Å². The van der Waals surface area contributed by atoms with Crippen LogP contribution in [0.2, 0.25) is 0 Å². The monoisotopic (exact) mass is 305 g/mol. The molecule has 1 rings (SSSR count). The van der Waals surface area contributed by atoms with Crippen LogP contribution in [0.5, 0.6) is 5.75 Å². The molecule has 1 amide bonds. The van der Waals surface area contributed by atoms with E-state index in [1.807, 2.05) is 32.6 Å². The normalized spacial score (nSPS) is 11.4. The van der Waals surface area contributed by atoms with E-state index in [0.717, 1.165) is 37.2 Å². The molecule has 22 heavy (non-hydrogen) atoms. The third-order valence-electron chi connectivity index (χ3n) is 4.18. The Balaban J connectivity index is 2.49. The van der Waals surface area contributed by atoms with Crippen LogP contribution in [0, 0.1) is 19.3 Å². The van der Waals surface area contributed by atoms with E-state index in [1.54, 1.807) is 0 Å². The van der Waals surface area contributed by atoms with Crippen LogP contribution in [-0.2, 0) is 4.79 Å². The van der Waals surface area contributed by atoms with Crippen LogP contribution >= 0.6 is 0 Å². The predicted molar refractivity (Wildman–Crippen MR) is 92.4 cm³/mol. The fourth-order valence-electron chi connectivity index (χ4n) is 2.60. The van der Waals surface area contributed by atoms with Gasteiger partial charge in [-0.15, -0.1) is 0 Å². The van der Waals surface area contributed by atoms with E-state index in [0.29, 0.717) is 6.61 Å². The maximum absolute atomic E-state index is 12.5. The lowest BCUT2D eigenvalue weighted by molar-refractivity contribution is -0.140. The number of aryl methyl sites for hydroxylation is 2. The van der Waals surface area contributed by atoms with Crippen molar-refractivity contribution < 1.29 is 9.53 Å². The summed E-state index contributed by atoms with van der Waals surface area (Å²) in [6.45, 7) is 14.5. The second kappa shape index (κ2) is 8.21. The minimum Gasteiger partial charge on any atom is -0.493 e. The minimum absolute atomic E-state index is 0.240. The number of nitrogens with zero attached hydrogens (tertiary/aromatic N) is 1. The Morgan fingerprint density at radius 1 is 1.18 bits per heavy atom. The van der Waals surface area contributed by atoms with E-state index >= 15 is 0 Å². The van der Waals surface area contributed by atoms with Gasteiger partial charge in [-0.1, -0.05) is 26.0 Å². The lowest BCUT2D eigenvalue weighted by atomic mass is 9.86. The van der Waals surface area contributed by atoms with Crippen molar-refractivity contribution in [3.8, 4) is 5.75 Å². The first-order valence-corrected chi connectivity index (χ1v) is 8.31. The molecule has 0 unspecified atom stereocenters. The van der Waals surface area contributed by atoms with Crippen molar-refractivity contribution in [1.82, 2.24) is 4.90 Å². The summed E-state index contributed by atoms with van der Waals surface area (Å²) < 4.78 is 5.88. The van der Waals surface area contributed by atoms with Gasteiger partial charge in [-0.05, 0) is 57.7 Å². The van der Waals surface area contributed by atoms with E-state index < -0.39 is 0 Å². The Morgan fingerprint density at radius 3 is 2.41 bits per heavy atom. The van der Waals surface area contributed by atoms with Gasteiger partial charge in [-0.2, -0.15) is 0 Å². The third kappa shape index (κ3) is 5.04. The zero-order chi connectivity index (χ0) is 16.8. The maximum Gasteiger partial charge on any atom is 0.228 e. The molecule has 0 aromatic heterocycles. The van der Waals surface area contributed by atoms with Gasteiger partial charge in [0, 0.05) is 18.5 Å². The molecule has 0 aliphatic rings.